The summed E-state index contributed by atoms with van der Waals surface area (Å²) in [5.41, 5.74) is 18.3. The normalized spacial score (nSPS) is 13.5. The summed E-state index contributed by atoms with van der Waals surface area (Å²) in [5, 5.41) is 22.5. The average Bonchev–Trinajstić information content (AvgIpc) is 3.67. The Morgan fingerprint density at radius 3 is 1.65 bits per heavy atom. The molecule has 5 atom stereocenters. The first-order valence-electron chi connectivity index (χ1n) is 17.0. The molecule has 290 valence electrons. The molecule has 0 unspecified atom stereocenters. The lowest BCUT2D eigenvalue weighted by atomic mass is 10.0. The van der Waals surface area contributed by atoms with Crippen LogP contribution < -0.4 is 43.8 Å². The van der Waals surface area contributed by atoms with E-state index in [9.17, 15) is 33.9 Å². The van der Waals surface area contributed by atoms with Gasteiger partial charge < -0.3 is 53.9 Å². The van der Waals surface area contributed by atoms with E-state index in [1.165, 1.54) is 12.5 Å². The number of nitrogens with two attached hydrogens (primary N) is 3. The molecule has 18 nitrogen and oxygen atoms in total. The van der Waals surface area contributed by atoms with Crippen LogP contribution in [0.4, 0.5) is 0 Å². The summed E-state index contributed by atoms with van der Waals surface area (Å²) < 4.78 is 0. The summed E-state index contributed by atoms with van der Waals surface area (Å²) in [6.07, 6.45) is 3.13. The fraction of sp³-hybridized carbons (Fsp3) is 0.371. The van der Waals surface area contributed by atoms with E-state index in [2.05, 4.69) is 54.2 Å². The second-order valence-corrected chi connectivity index (χ2v) is 12.6. The highest BCUT2D eigenvalue weighted by molar-refractivity contribution is 7.80. The number of thiol groups is 1. The Morgan fingerprint density at radius 1 is 0.722 bits per heavy atom. The molecular formula is C35H47N11O7S. The van der Waals surface area contributed by atoms with Crippen LogP contribution >= 0.6 is 12.6 Å². The van der Waals surface area contributed by atoms with E-state index in [4.69, 9.17) is 17.2 Å². The van der Waals surface area contributed by atoms with Gasteiger partial charge >= 0.3 is 5.97 Å². The molecule has 0 saturated heterocycles. The van der Waals surface area contributed by atoms with E-state index in [0.717, 1.165) is 0 Å². The number of nitrogens with one attached hydrogen (secondary N) is 6. The Balaban J connectivity index is 1.91. The van der Waals surface area contributed by atoms with Gasteiger partial charge in [-0.1, -0.05) is 60.7 Å². The number of nitrogens with zero attached hydrogens (tertiary/aromatic N) is 2. The largest absolute Gasteiger partial charge is 0.480 e. The Morgan fingerprint density at radius 2 is 1.20 bits per heavy atom. The minimum absolute atomic E-state index is 0.00169. The van der Waals surface area contributed by atoms with Crippen LogP contribution in [0, 0.1) is 0 Å². The molecule has 5 amide bonds. The molecule has 3 rings (SSSR count). The molecular weight excluding hydrogens is 719 g/mol. The number of benzene rings is 2. The predicted molar refractivity (Wildman–Crippen MR) is 203 cm³/mol. The van der Waals surface area contributed by atoms with Crippen molar-refractivity contribution in [1.82, 2.24) is 36.6 Å². The number of aromatic nitrogens is 2. The minimum Gasteiger partial charge on any atom is -0.480 e. The zero-order valence-corrected chi connectivity index (χ0v) is 30.3. The van der Waals surface area contributed by atoms with Gasteiger partial charge in [-0.15, -0.1) is 0 Å². The molecule has 0 spiro atoms. The number of aliphatic carboxylic acids is 1. The molecule has 0 aliphatic carbocycles. The van der Waals surface area contributed by atoms with Crippen LogP contribution in [-0.2, 0) is 48.0 Å². The molecule has 1 aromatic heterocycles. The van der Waals surface area contributed by atoms with Gasteiger partial charge in [-0.05, 0) is 24.0 Å². The Kier molecular flexibility index (Phi) is 17.5. The highest BCUT2D eigenvalue weighted by atomic mass is 32.1. The Hall–Kier alpha value is -5.95. The smallest absolute Gasteiger partial charge is 0.327 e. The number of aliphatic imine (C=N–C) groups is 1. The maximum atomic E-state index is 14.1. The summed E-state index contributed by atoms with van der Waals surface area (Å²) in [4.78, 5) is 89.8. The lowest BCUT2D eigenvalue weighted by molar-refractivity contribution is -0.141. The van der Waals surface area contributed by atoms with Crippen molar-refractivity contribution in [3.63, 3.8) is 0 Å². The molecule has 0 aliphatic rings. The number of aromatic amines is 1. The van der Waals surface area contributed by atoms with Gasteiger partial charge in [-0.25, -0.2) is 9.78 Å². The Labute approximate surface area is 317 Å². The van der Waals surface area contributed by atoms with Crippen molar-refractivity contribution in [2.45, 2.75) is 62.3 Å². The zero-order valence-electron chi connectivity index (χ0n) is 29.4. The van der Waals surface area contributed by atoms with Crippen LogP contribution in [0.3, 0.4) is 0 Å². The van der Waals surface area contributed by atoms with Crippen molar-refractivity contribution in [1.29, 1.82) is 0 Å². The number of H-pyrrole nitrogens is 1. The second-order valence-electron chi connectivity index (χ2n) is 12.2. The maximum absolute atomic E-state index is 14.1. The number of guanidine groups is 1. The van der Waals surface area contributed by atoms with Gasteiger partial charge in [0.05, 0.1) is 12.9 Å². The standard InChI is InChI=1S/C35H47N11O7S/c36-17-29(47)42-27(16-23-18-39-20-41-23)33(51)45-25(14-21-8-3-1-4-9-21)31(49)43-24(12-7-13-40-35(37)38)30(48)44-26(15-22-10-5-2-6-11-22)32(50)46-28(19-54)34(52)53/h1-6,8-11,18,20,24-28,54H,7,12-17,19,36H2,(H,39,41)(H,42,47)(H,43,49)(H,44,48)(H,45,51)(H,46,50)(H,52,53)(H4,37,38,40)/t24-,25+,26-,27-,28-/m0/s1. The first-order valence-corrected chi connectivity index (χ1v) is 17.7. The van der Waals surface area contributed by atoms with E-state index >= 15 is 0 Å². The number of imidazole rings is 1. The van der Waals surface area contributed by atoms with E-state index < -0.39 is 65.7 Å². The van der Waals surface area contributed by atoms with Crippen molar-refractivity contribution in [3.8, 4) is 0 Å². The fourth-order valence-electron chi connectivity index (χ4n) is 5.24. The van der Waals surface area contributed by atoms with Gasteiger partial charge in [0.25, 0.3) is 0 Å². The Bertz CT molecular complexity index is 1710. The summed E-state index contributed by atoms with van der Waals surface area (Å²) in [6.45, 7) is -0.273. The molecule has 0 radical (unpaired) electrons. The van der Waals surface area contributed by atoms with Crippen LogP contribution in [0.2, 0.25) is 0 Å². The van der Waals surface area contributed by atoms with Crippen molar-refractivity contribution in [3.05, 3.63) is 90.0 Å². The molecule has 0 fully saturated rings. The first kappa shape index (κ1) is 42.5. The SMILES string of the molecule is NCC(=O)N[C@@H](Cc1cnc[nH]1)C(=O)N[C@H](Cc1ccccc1)C(=O)N[C@@H](CCCN=C(N)N)C(=O)N[C@@H](Cc1ccccc1)C(=O)N[C@@H](CS)C(=O)O. The number of carboxylic acid groups (broad SMARTS) is 1. The van der Waals surface area contributed by atoms with Crippen LogP contribution in [0.1, 0.15) is 29.7 Å². The molecule has 0 bridgehead atoms. The average molecular weight is 766 g/mol. The fourth-order valence-corrected chi connectivity index (χ4v) is 5.49. The highest BCUT2D eigenvalue weighted by Crippen LogP contribution is 2.10. The predicted octanol–water partition coefficient (Wildman–Crippen LogP) is -2.11. The molecule has 3 aromatic rings. The van der Waals surface area contributed by atoms with Crippen molar-refractivity contribution in [2.24, 2.45) is 22.2 Å². The molecule has 19 heteroatoms. The number of rotatable bonds is 22. The van der Waals surface area contributed by atoms with Gasteiger partial charge in [0.1, 0.15) is 30.2 Å². The molecule has 0 saturated carbocycles. The van der Waals surface area contributed by atoms with Crippen LogP contribution in [0.25, 0.3) is 0 Å². The number of carbonyl (C=O) groups excluding carboxylic acids is 5. The number of carbonyl (C=O) groups is 6. The van der Waals surface area contributed by atoms with E-state index in [1.54, 1.807) is 60.7 Å². The number of hydrogen-bond acceptors (Lipinski definition) is 10. The lowest BCUT2D eigenvalue weighted by Crippen LogP contribution is -2.60. The van der Waals surface area contributed by atoms with Crippen molar-refractivity contribution in [2.75, 3.05) is 18.8 Å². The van der Waals surface area contributed by atoms with Gasteiger partial charge in [-0.3, -0.25) is 29.0 Å². The highest BCUT2D eigenvalue weighted by Gasteiger charge is 2.32. The first-order chi connectivity index (χ1) is 25.9. The third-order valence-corrected chi connectivity index (χ3v) is 8.39. The molecule has 13 N–H and O–H groups in total. The lowest BCUT2D eigenvalue weighted by Gasteiger charge is -2.27. The molecule has 1 heterocycles. The summed E-state index contributed by atoms with van der Waals surface area (Å²) in [5.74, 6) is -5.28. The van der Waals surface area contributed by atoms with Crippen LogP contribution in [0.15, 0.2) is 78.2 Å². The van der Waals surface area contributed by atoms with Crippen LogP contribution in [-0.4, -0.2) is 106 Å². The third kappa shape index (κ3) is 14.6. The number of hydrogen-bond donors (Lipinski definition) is 11. The van der Waals surface area contributed by atoms with Gasteiger partial charge in [0.15, 0.2) is 5.96 Å². The molecule has 2 aromatic carbocycles. The third-order valence-electron chi connectivity index (χ3n) is 8.02. The zero-order chi connectivity index (χ0) is 39.5. The summed E-state index contributed by atoms with van der Waals surface area (Å²) in [7, 11) is 0. The molecule has 54 heavy (non-hydrogen) atoms. The van der Waals surface area contributed by atoms with Crippen molar-refractivity contribution < 1.29 is 33.9 Å². The van der Waals surface area contributed by atoms with Gasteiger partial charge in [0, 0.05) is 43.5 Å². The van der Waals surface area contributed by atoms with Gasteiger partial charge in [-0.2, -0.15) is 12.6 Å². The quantitative estimate of drug-likeness (QED) is 0.0228. The number of amides is 5. The van der Waals surface area contributed by atoms with E-state index in [1.807, 2.05) is 0 Å². The molecule has 0 aliphatic heterocycles. The van der Waals surface area contributed by atoms with E-state index in [-0.39, 0.29) is 56.9 Å². The minimum atomic E-state index is -1.33. The second kappa shape index (κ2) is 22.2. The summed E-state index contributed by atoms with van der Waals surface area (Å²) >= 11 is 4.01. The topological polar surface area (TPSA) is 302 Å². The van der Waals surface area contributed by atoms with Crippen molar-refractivity contribution >= 4 is 54.1 Å². The summed E-state index contributed by atoms with van der Waals surface area (Å²) in [6, 6.07) is 11.3. The maximum Gasteiger partial charge on any atom is 0.327 e. The monoisotopic (exact) mass is 765 g/mol. The number of carboxylic acids is 1. The van der Waals surface area contributed by atoms with Crippen LogP contribution in [0.5, 0.6) is 0 Å². The van der Waals surface area contributed by atoms with Gasteiger partial charge in [0.2, 0.25) is 29.5 Å². The van der Waals surface area contributed by atoms with E-state index in [0.29, 0.717) is 16.8 Å².